The molecule has 0 aromatic heterocycles. The summed E-state index contributed by atoms with van der Waals surface area (Å²) in [5.74, 6) is 0.806. The Morgan fingerprint density at radius 2 is 1.95 bits per heavy atom. The standard InChI is InChI=1S/C20H34O2/c1-7-19(5,22)12-9-15-14(2)16(21)13-17-18(3,4)10-8-11-20(15,17)6/h7,15-17,21-22H,1-2,8-13H2,3-6H3/t15-,16-,17-,19+,20+/m1/s1. The monoisotopic (exact) mass is 306 g/mol. The molecule has 2 rings (SSSR count). The first-order valence-corrected chi connectivity index (χ1v) is 8.76. The molecule has 5 atom stereocenters. The second-order valence-electron chi connectivity index (χ2n) is 8.88. The number of rotatable bonds is 4. The molecule has 0 spiro atoms. The van der Waals surface area contributed by atoms with Crippen LogP contribution < -0.4 is 0 Å². The van der Waals surface area contributed by atoms with Gasteiger partial charge in [-0.15, -0.1) is 6.58 Å². The van der Waals surface area contributed by atoms with Gasteiger partial charge in [-0.2, -0.15) is 0 Å². The molecule has 0 saturated heterocycles. The Labute approximate surface area is 136 Å². The van der Waals surface area contributed by atoms with Gasteiger partial charge in [0.25, 0.3) is 0 Å². The van der Waals surface area contributed by atoms with Crippen LogP contribution in [0.15, 0.2) is 24.8 Å². The van der Waals surface area contributed by atoms with Crippen molar-refractivity contribution in [1.29, 1.82) is 0 Å². The largest absolute Gasteiger partial charge is 0.389 e. The molecule has 0 bridgehead atoms. The van der Waals surface area contributed by atoms with Crippen molar-refractivity contribution < 1.29 is 10.2 Å². The van der Waals surface area contributed by atoms with Crippen molar-refractivity contribution in [1.82, 2.24) is 0 Å². The van der Waals surface area contributed by atoms with Gasteiger partial charge in [0, 0.05) is 0 Å². The van der Waals surface area contributed by atoms with Crippen molar-refractivity contribution in [3.05, 3.63) is 24.8 Å². The van der Waals surface area contributed by atoms with Gasteiger partial charge < -0.3 is 10.2 Å². The SMILES string of the molecule is C=C[C@](C)(O)CC[C@@H]1C(=C)[C@H](O)C[C@@H]2C(C)(C)CCC[C@@]12C. The lowest BCUT2D eigenvalue weighted by Gasteiger charge is -2.59. The van der Waals surface area contributed by atoms with Gasteiger partial charge in [-0.25, -0.2) is 0 Å². The quantitative estimate of drug-likeness (QED) is 0.752. The van der Waals surface area contributed by atoms with E-state index in [1.165, 1.54) is 19.3 Å². The molecule has 2 aliphatic carbocycles. The van der Waals surface area contributed by atoms with Crippen molar-refractivity contribution in [3.8, 4) is 0 Å². The van der Waals surface area contributed by atoms with Gasteiger partial charge in [0.05, 0.1) is 11.7 Å². The zero-order valence-corrected chi connectivity index (χ0v) is 14.9. The van der Waals surface area contributed by atoms with E-state index < -0.39 is 11.7 Å². The maximum Gasteiger partial charge on any atom is 0.0797 e. The van der Waals surface area contributed by atoms with Crippen LogP contribution in [0.25, 0.3) is 0 Å². The van der Waals surface area contributed by atoms with Crippen LogP contribution in [0.5, 0.6) is 0 Å². The van der Waals surface area contributed by atoms with Crippen LogP contribution in [0.2, 0.25) is 0 Å². The predicted octanol–water partition coefficient (Wildman–Crippen LogP) is 4.47. The first kappa shape index (κ1) is 17.7. The number of aliphatic hydroxyl groups excluding tert-OH is 1. The summed E-state index contributed by atoms with van der Waals surface area (Å²) in [6, 6.07) is 0. The summed E-state index contributed by atoms with van der Waals surface area (Å²) in [6.45, 7) is 16.9. The molecular formula is C20H34O2. The molecule has 2 N–H and O–H groups in total. The number of hydrogen-bond acceptors (Lipinski definition) is 2. The summed E-state index contributed by atoms with van der Waals surface area (Å²) >= 11 is 0. The van der Waals surface area contributed by atoms with Crippen molar-refractivity contribution in [3.63, 3.8) is 0 Å². The van der Waals surface area contributed by atoms with E-state index in [0.29, 0.717) is 12.3 Å². The molecule has 0 heterocycles. The lowest BCUT2D eigenvalue weighted by molar-refractivity contribution is -0.0868. The summed E-state index contributed by atoms with van der Waals surface area (Å²) in [5, 5.41) is 20.8. The van der Waals surface area contributed by atoms with E-state index in [9.17, 15) is 10.2 Å². The van der Waals surface area contributed by atoms with Gasteiger partial charge >= 0.3 is 0 Å². The van der Waals surface area contributed by atoms with Crippen LogP contribution >= 0.6 is 0 Å². The Hall–Kier alpha value is -0.600. The minimum Gasteiger partial charge on any atom is -0.389 e. The first-order chi connectivity index (χ1) is 10.0. The fourth-order valence-electron chi connectivity index (χ4n) is 5.26. The van der Waals surface area contributed by atoms with E-state index in [1.807, 2.05) is 6.92 Å². The molecule has 2 saturated carbocycles. The Kier molecular flexibility index (Phi) is 4.68. The van der Waals surface area contributed by atoms with E-state index in [1.54, 1.807) is 6.08 Å². The fourth-order valence-corrected chi connectivity index (χ4v) is 5.26. The van der Waals surface area contributed by atoms with Crippen LogP contribution in [-0.2, 0) is 0 Å². The van der Waals surface area contributed by atoms with Crippen molar-refractivity contribution in [2.75, 3.05) is 0 Å². The molecule has 2 heteroatoms. The van der Waals surface area contributed by atoms with Gasteiger partial charge in [-0.3, -0.25) is 0 Å². The van der Waals surface area contributed by atoms with E-state index in [-0.39, 0.29) is 16.7 Å². The number of aliphatic hydroxyl groups is 2. The maximum atomic E-state index is 10.5. The highest BCUT2D eigenvalue weighted by atomic mass is 16.3. The molecule has 22 heavy (non-hydrogen) atoms. The Morgan fingerprint density at radius 1 is 1.32 bits per heavy atom. The van der Waals surface area contributed by atoms with E-state index in [4.69, 9.17) is 0 Å². The number of hydrogen-bond donors (Lipinski definition) is 2. The lowest BCUT2D eigenvalue weighted by Crippen LogP contribution is -2.53. The van der Waals surface area contributed by atoms with Gasteiger partial charge in [0.1, 0.15) is 0 Å². The molecule has 2 aliphatic rings. The van der Waals surface area contributed by atoms with E-state index >= 15 is 0 Å². The summed E-state index contributed by atoms with van der Waals surface area (Å²) in [4.78, 5) is 0. The van der Waals surface area contributed by atoms with Gasteiger partial charge in [-0.05, 0) is 67.3 Å². The second-order valence-corrected chi connectivity index (χ2v) is 8.88. The predicted molar refractivity (Wildman–Crippen MR) is 92.5 cm³/mol. The third-order valence-corrected chi connectivity index (χ3v) is 6.79. The van der Waals surface area contributed by atoms with Gasteiger partial charge in [-0.1, -0.05) is 39.8 Å². The lowest BCUT2D eigenvalue weighted by atomic mass is 9.46. The first-order valence-electron chi connectivity index (χ1n) is 8.76. The third kappa shape index (κ3) is 3.05. The van der Waals surface area contributed by atoms with Crippen molar-refractivity contribution in [2.24, 2.45) is 22.7 Å². The molecule has 0 aromatic carbocycles. The topological polar surface area (TPSA) is 40.5 Å². The molecule has 0 aliphatic heterocycles. The van der Waals surface area contributed by atoms with Crippen molar-refractivity contribution in [2.45, 2.75) is 77.9 Å². The minimum absolute atomic E-state index is 0.190. The summed E-state index contributed by atoms with van der Waals surface area (Å²) in [5.41, 5.74) is 0.610. The molecule has 0 unspecified atom stereocenters. The smallest absolute Gasteiger partial charge is 0.0797 e. The zero-order valence-electron chi connectivity index (χ0n) is 14.9. The normalized spacial score (nSPS) is 40.6. The zero-order chi connectivity index (χ0) is 16.8. The van der Waals surface area contributed by atoms with E-state index in [0.717, 1.165) is 18.4 Å². The Morgan fingerprint density at radius 3 is 2.55 bits per heavy atom. The molecule has 126 valence electrons. The van der Waals surface area contributed by atoms with Crippen LogP contribution in [0, 0.1) is 22.7 Å². The van der Waals surface area contributed by atoms with Crippen molar-refractivity contribution >= 4 is 0 Å². The summed E-state index contributed by atoms with van der Waals surface area (Å²) in [7, 11) is 0. The Bertz CT molecular complexity index is 449. The second kappa shape index (κ2) is 5.79. The fraction of sp³-hybridized carbons (Fsp3) is 0.800. The van der Waals surface area contributed by atoms with Crippen LogP contribution in [-0.4, -0.2) is 21.9 Å². The highest BCUT2D eigenvalue weighted by Gasteiger charge is 2.54. The van der Waals surface area contributed by atoms with Crippen LogP contribution in [0.3, 0.4) is 0 Å². The average molecular weight is 306 g/mol. The Balaban J connectivity index is 2.28. The molecular weight excluding hydrogens is 272 g/mol. The third-order valence-electron chi connectivity index (χ3n) is 6.79. The van der Waals surface area contributed by atoms with Gasteiger partial charge in [0.15, 0.2) is 0 Å². The minimum atomic E-state index is -0.835. The molecule has 0 radical (unpaired) electrons. The van der Waals surface area contributed by atoms with Crippen LogP contribution in [0.4, 0.5) is 0 Å². The molecule has 2 nitrogen and oxygen atoms in total. The molecule has 0 aromatic rings. The number of fused-ring (bicyclic) bond motifs is 1. The van der Waals surface area contributed by atoms with Gasteiger partial charge in [0.2, 0.25) is 0 Å². The summed E-state index contributed by atoms with van der Waals surface area (Å²) in [6.07, 6.45) is 7.31. The highest BCUT2D eigenvalue weighted by Crippen LogP contribution is 2.61. The summed E-state index contributed by atoms with van der Waals surface area (Å²) < 4.78 is 0. The average Bonchev–Trinajstić information content (AvgIpc) is 2.41. The highest BCUT2D eigenvalue weighted by molar-refractivity contribution is 5.20. The molecule has 0 amide bonds. The molecule has 2 fully saturated rings. The van der Waals surface area contributed by atoms with Crippen LogP contribution in [0.1, 0.15) is 66.2 Å². The maximum absolute atomic E-state index is 10.5. The van der Waals surface area contributed by atoms with E-state index in [2.05, 4.69) is 33.9 Å².